The summed E-state index contributed by atoms with van der Waals surface area (Å²) >= 11 is 1.35. The first kappa shape index (κ1) is 20.7. The standard InChI is InChI=1S/C21H23N5O2S/c1-14-6-8-17(9-7-14)26(12-5-11-22)20(27)16(3)29-21-24-23-19(25(21)4)18-10-13-28-15(18)2/h6-10,13,16H,5,12H2,1-4H3. The molecule has 3 aromatic rings. The van der Waals surface area contributed by atoms with Crippen molar-refractivity contribution in [3.63, 3.8) is 0 Å². The predicted octanol–water partition coefficient (Wildman–Crippen LogP) is 4.12. The van der Waals surface area contributed by atoms with Gasteiger partial charge in [0, 0.05) is 19.3 Å². The summed E-state index contributed by atoms with van der Waals surface area (Å²) in [7, 11) is 1.87. The van der Waals surface area contributed by atoms with Crippen molar-refractivity contribution < 1.29 is 9.21 Å². The molecule has 0 aliphatic rings. The minimum atomic E-state index is -0.392. The van der Waals surface area contributed by atoms with E-state index in [2.05, 4.69) is 16.3 Å². The molecule has 7 nitrogen and oxygen atoms in total. The average Bonchev–Trinajstić information content (AvgIpc) is 3.28. The Bertz CT molecular complexity index is 1030. The number of hydrogen-bond donors (Lipinski definition) is 0. The molecule has 150 valence electrons. The summed E-state index contributed by atoms with van der Waals surface area (Å²) in [5, 5.41) is 17.8. The Kier molecular flexibility index (Phi) is 6.39. The lowest BCUT2D eigenvalue weighted by Crippen LogP contribution is -2.37. The fourth-order valence-electron chi connectivity index (χ4n) is 2.95. The predicted molar refractivity (Wildman–Crippen MR) is 113 cm³/mol. The second-order valence-corrected chi connectivity index (χ2v) is 8.06. The van der Waals surface area contributed by atoms with Gasteiger partial charge >= 0.3 is 0 Å². The van der Waals surface area contributed by atoms with Crippen LogP contribution in [0.25, 0.3) is 11.4 Å². The Morgan fingerprint density at radius 2 is 2.00 bits per heavy atom. The molecule has 2 aromatic heterocycles. The molecule has 1 aromatic carbocycles. The molecule has 0 bridgehead atoms. The van der Waals surface area contributed by atoms with E-state index in [0.717, 1.165) is 22.6 Å². The first-order valence-corrected chi connectivity index (χ1v) is 10.2. The van der Waals surface area contributed by atoms with Gasteiger partial charge in [0.2, 0.25) is 5.91 Å². The summed E-state index contributed by atoms with van der Waals surface area (Å²) in [5.74, 6) is 1.39. The number of nitrogens with zero attached hydrogens (tertiary/aromatic N) is 5. The normalized spacial score (nSPS) is 11.8. The molecule has 29 heavy (non-hydrogen) atoms. The molecule has 0 N–H and O–H groups in total. The molecule has 0 saturated heterocycles. The lowest BCUT2D eigenvalue weighted by atomic mass is 10.2. The summed E-state index contributed by atoms with van der Waals surface area (Å²) in [6, 6.07) is 11.7. The number of benzene rings is 1. The first-order valence-electron chi connectivity index (χ1n) is 9.28. The van der Waals surface area contributed by atoms with Crippen LogP contribution in [0.5, 0.6) is 0 Å². The van der Waals surface area contributed by atoms with E-state index in [0.29, 0.717) is 17.5 Å². The molecule has 1 unspecified atom stereocenters. The SMILES string of the molecule is Cc1ccc(N(CCC#N)C(=O)C(C)Sc2nnc(-c3ccoc3C)n2C)cc1. The molecule has 0 spiro atoms. The van der Waals surface area contributed by atoms with Gasteiger partial charge in [-0.05, 0) is 39.0 Å². The van der Waals surface area contributed by atoms with Gasteiger partial charge in [-0.25, -0.2) is 0 Å². The lowest BCUT2D eigenvalue weighted by Gasteiger charge is -2.25. The van der Waals surface area contributed by atoms with Gasteiger partial charge in [0.05, 0.1) is 29.6 Å². The van der Waals surface area contributed by atoms with Gasteiger partial charge in [0.25, 0.3) is 0 Å². The van der Waals surface area contributed by atoms with Crippen LogP contribution in [0.2, 0.25) is 0 Å². The van der Waals surface area contributed by atoms with E-state index in [9.17, 15) is 4.79 Å². The molecular formula is C21H23N5O2S. The number of aryl methyl sites for hydroxylation is 2. The third kappa shape index (κ3) is 4.51. The summed E-state index contributed by atoms with van der Waals surface area (Å²) in [6.07, 6.45) is 1.89. The van der Waals surface area contributed by atoms with E-state index < -0.39 is 5.25 Å². The largest absolute Gasteiger partial charge is 0.469 e. The molecule has 3 rings (SSSR count). The summed E-state index contributed by atoms with van der Waals surface area (Å²) < 4.78 is 7.21. The van der Waals surface area contributed by atoms with Crippen LogP contribution in [-0.4, -0.2) is 32.5 Å². The second kappa shape index (κ2) is 8.97. The molecule has 1 atom stereocenters. The van der Waals surface area contributed by atoms with E-state index in [-0.39, 0.29) is 12.3 Å². The number of nitriles is 1. The van der Waals surface area contributed by atoms with Crippen molar-refractivity contribution in [1.82, 2.24) is 14.8 Å². The first-order chi connectivity index (χ1) is 13.9. The summed E-state index contributed by atoms with van der Waals surface area (Å²) in [4.78, 5) is 14.8. The average molecular weight is 410 g/mol. The van der Waals surface area contributed by atoms with Gasteiger partial charge in [-0.2, -0.15) is 5.26 Å². The van der Waals surface area contributed by atoms with Gasteiger partial charge in [0.15, 0.2) is 11.0 Å². The number of furan rings is 1. The number of anilines is 1. The Morgan fingerprint density at radius 3 is 2.62 bits per heavy atom. The molecule has 8 heteroatoms. The topological polar surface area (TPSA) is 87.9 Å². The second-order valence-electron chi connectivity index (χ2n) is 6.75. The monoisotopic (exact) mass is 409 g/mol. The Hall–Kier alpha value is -3.05. The van der Waals surface area contributed by atoms with Crippen LogP contribution in [0.15, 0.2) is 46.2 Å². The van der Waals surface area contributed by atoms with E-state index in [1.807, 2.05) is 62.7 Å². The van der Waals surface area contributed by atoms with Crippen LogP contribution in [-0.2, 0) is 11.8 Å². The smallest absolute Gasteiger partial charge is 0.240 e. The van der Waals surface area contributed by atoms with E-state index in [4.69, 9.17) is 9.68 Å². The maximum absolute atomic E-state index is 13.2. The quantitative estimate of drug-likeness (QED) is 0.546. The van der Waals surface area contributed by atoms with E-state index >= 15 is 0 Å². The minimum absolute atomic E-state index is 0.0712. The van der Waals surface area contributed by atoms with Crippen LogP contribution in [0, 0.1) is 25.2 Å². The Balaban J connectivity index is 1.79. The van der Waals surface area contributed by atoms with Gasteiger partial charge in [-0.1, -0.05) is 29.5 Å². The molecule has 0 fully saturated rings. The highest BCUT2D eigenvalue weighted by atomic mass is 32.2. The number of aromatic nitrogens is 3. The minimum Gasteiger partial charge on any atom is -0.469 e. The van der Waals surface area contributed by atoms with Crippen LogP contribution >= 0.6 is 11.8 Å². The Morgan fingerprint density at radius 1 is 1.28 bits per heavy atom. The maximum Gasteiger partial charge on any atom is 0.240 e. The van der Waals surface area contributed by atoms with Crippen molar-refractivity contribution in [3.05, 3.63) is 47.9 Å². The van der Waals surface area contributed by atoms with Crippen molar-refractivity contribution in [2.45, 2.75) is 37.6 Å². The maximum atomic E-state index is 13.2. The molecule has 0 saturated carbocycles. The van der Waals surface area contributed by atoms with E-state index in [1.54, 1.807) is 11.2 Å². The zero-order valence-electron chi connectivity index (χ0n) is 16.9. The van der Waals surface area contributed by atoms with Crippen LogP contribution in [0.4, 0.5) is 5.69 Å². The fraction of sp³-hybridized carbons (Fsp3) is 0.333. The zero-order chi connectivity index (χ0) is 21.0. The molecule has 1 amide bonds. The van der Waals surface area contributed by atoms with Gasteiger partial charge < -0.3 is 13.9 Å². The van der Waals surface area contributed by atoms with Gasteiger partial charge in [-0.15, -0.1) is 10.2 Å². The van der Waals surface area contributed by atoms with Crippen molar-refractivity contribution >= 4 is 23.4 Å². The van der Waals surface area contributed by atoms with Crippen molar-refractivity contribution in [2.75, 3.05) is 11.4 Å². The van der Waals surface area contributed by atoms with Crippen molar-refractivity contribution in [3.8, 4) is 17.5 Å². The number of amides is 1. The fourth-order valence-corrected chi connectivity index (χ4v) is 3.83. The molecule has 0 aliphatic carbocycles. The number of thioether (sulfide) groups is 1. The van der Waals surface area contributed by atoms with Gasteiger partial charge in [0.1, 0.15) is 5.76 Å². The number of carbonyl (C=O) groups is 1. The van der Waals surface area contributed by atoms with Crippen molar-refractivity contribution in [1.29, 1.82) is 5.26 Å². The highest BCUT2D eigenvalue weighted by molar-refractivity contribution is 8.00. The van der Waals surface area contributed by atoms with E-state index in [1.165, 1.54) is 11.8 Å². The van der Waals surface area contributed by atoms with Gasteiger partial charge in [-0.3, -0.25) is 4.79 Å². The number of carbonyl (C=O) groups excluding carboxylic acids is 1. The zero-order valence-corrected chi connectivity index (χ0v) is 17.7. The summed E-state index contributed by atoms with van der Waals surface area (Å²) in [5.41, 5.74) is 2.78. The van der Waals surface area contributed by atoms with Crippen LogP contribution < -0.4 is 4.90 Å². The highest BCUT2D eigenvalue weighted by Gasteiger charge is 2.25. The third-order valence-electron chi connectivity index (χ3n) is 4.62. The molecule has 0 aliphatic heterocycles. The summed E-state index contributed by atoms with van der Waals surface area (Å²) in [6.45, 7) is 6.06. The van der Waals surface area contributed by atoms with Crippen LogP contribution in [0.3, 0.4) is 0 Å². The molecule has 0 radical (unpaired) electrons. The van der Waals surface area contributed by atoms with Crippen LogP contribution in [0.1, 0.15) is 24.7 Å². The molecular weight excluding hydrogens is 386 g/mol. The Labute approximate surface area is 174 Å². The third-order valence-corrected chi connectivity index (χ3v) is 5.74. The lowest BCUT2D eigenvalue weighted by molar-refractivity contribution is -0.117. The molecule has 2 heterocycles. The number of rotatable bonds is 7. The highest BCUT2D eigenvalue weighted by Crippen LogP contribution is 2.29. The number of hydrogen-bond acceptors (Lipinski definition) is 6. The van der Waals surface area contributed by atoms with Crippen molar-refractivity contribution in [2.24, 2.45) is 7.05 Å².